The zero-order valence-corrected chi connectivity index (χ0v) is 20.3. The second kappa shape index (κ2) is 27.1. The van der Waals surface area contributed by atoms with Crippen molar-refractivity contribution in [2.75, 3.05) is 0 Å². The molecule has 0 saturated heterocycles. The number of Topliss-reactive ketones (excluding diaryl/α,β-unsaturated/α-hetero) is 4. The van der Waals surface area contributed by atoms with Crippen molar-refractivity contribution in [1.82, 2.24) is 0 Å². The number of carboxylic acid groups (broad SMARTS) is 4. The van der Waals surface area contributed by atoms with E-state index in [1.165, 1.54) is 13.8 Å². The SMILES string of the molecule is CC(=O)CC(=O)O.CC(=O)CC(=O)[O-].CCCC(=O)CC(=O)[O-].CCCC(=O)CC(=O)[O-].[Al+3]. The van der Waals surface area contributed by atoms with Crippen LogP contribution < -0.4 is 15.3 Å². The summed E-state index contributed by atoms with van der Waals surface area (Å²) >= 11 is 0. The minimum absolute atomic E-state index is 0. The molecule has 12 nitrogen and oxygen atoms in total. The van der Waals surface area contributed by atoms with Gasteiger partial charge >= 0.3 is 23.3 Å². The van der Waals surface area contributed by atoms with E-state index in [9.17, 15) is 53.7 Å². The maximum atomic E-state index is 10.4. The van der Waals surface area contributed by atoms with Gasteiger partial charge in [0, 0.05) is 50.0 Å². The monoisotopic (exact) mass is 488 g/mol. The van der Waals surface area contributed by atoms with Gasteiger partial charge in [-0.25, -0.2) is 0 Å². The maximum absolute atomic E-state index is 10.4. The molecule has 0 aliphatic carbocycles. The van der Waals surface area contributed by atoms with Gasteiger partial charge in [0.05, 0.1) is 0 Å². The van der Waals surface area contributed by atoms with Gasteiger partial charge in [-0.3, -0.25) is 24.0 Å². The summed E-state index contributed by atoms with van der Waals surface area (Å²) in [6.45, 7) is 6.10. The Morgan fingerprint density at radius 2 is 0.848 bits per heavy atom. The van der Waals surface area contributed by atoms with Crippen molar-refractivity contribution in [2.45, 2.75) is 79.1 Å². The molecule has 0 atom stereocenters. The zero-order chi connectivity index (χ0) is 26.3. The van der Waals surface area contributed by atoms with E-state index in [4.69, 9.17) is 5.11 Å². The van der Waals surface area contributed by atoms with Gasteiger partial charge in [0.25, 0.3) is 0 Å². The predicted molar refractivity (Wildman–Crippen MR) is 108 cm³/mol. The molecule has 33 heavy (non-hydrogen) atoms. The van der Waals surface area contributed by atoms with Gasteiger partial charge < -0.3 is 34.8 Å². The van der Waals surface area contributed by atoms with E-state index in [2.05, 4.69) is 0 Å². The predicted octanol–water partition coefficient (Wildman–Crippen LogP) is -2.62. The molecule has 0 saturated carbocycles. The van der Waals surface area contributed by atoms with Crippen molar-refractivity contribution < 1.29 is 58.8 Å². The van der Waals surface area contributed by atoms with E-state index in [0.717, 1.165) is 0 Å². The Morgan fingerprint density at radius 3 is 0.939 bits per heavy atom. The summed E-state index contributed by atoms with van der Waals surface area (Å²) in [5.74, 6) is -6.13. The van der Waals surface area contributed by atoms with Crippen LogP contribution in [0.15, 0.2) is 0 Å². The van der Waals surface area contributed by atoms with E-state index in [0.29, 0.717) is 25.7 Å². The first-order valence-corrected chi connectivity index (χ1v) is 9.42. The minimum Gasteiger partial charge on any atom is -0.550 e. The molecular weight excluding hydrogens is 459 g/mol. The normalized spacial score (nSPS) is 8.36. The van der Waals surface area contributed by atoms with E-state index >= 15 is 0 Å². The molecule has 0 amide bonds. The third kappa shape index (κ3) is 58.6. The molecule has 0 aromatic rings. The molecule has 0 aromatic carbocycles. The Labute approximate surface area is 202 Å². The molecule has 184 valence electrons. The number of hydrogen-bond acceptors (Lipinski definition) is 11. The van der Waals surface area contributed by atoms with Crippen LogP contribution in [-0.2, 0) is 38.4 Å². The quantitative estimate of drug-likeness (QED) is 0.220. The maximum Gasteiger partial charge on any atom is 3.00 e. The first-order valence-electron chi connectivity index (χ1n) is 9.42. The van der Waals surface area contributed by atoms with Gasteiger partial charge in [0.15, 0.2) is 0 Å². The summed E-state index contributed by atoms with van der Waals surface area (Å²) in [4.78, 5) is 79.1. The summed E-state index contributed by atoms with van der Waals surface area (Å²) in [6, 6.07) is 0. The summed E-state index contributed by atoms with van der Waals surface area (Å²) in [5, 5.41) is 36.8. The van der Waals surface area contributed by atoms with Crippen LogP contribution in [0.5, 0.6) is 0 Å². The molecule has 0 heterocycles. The number of ketones is 4. The Kier molecular flexibility index (Phi) is 33.3. The van der Waals surface area contributed by atoms with Crippen LogP contribution in [0, 0.1) is 0 Å². The second-order valence-corrected chi connectivity index (χ2v) is 6.20. The molecule has 1 N–H and O–H groups in total. The molecule has 0 rings (SSSR count). The fourth-order valence-corrected chi connectivity index (χ4v) is 1.47. The van der Waals surface area contributed by atoms with Gasteiger partial charge in [-0.05, 0) is 26.7 Å². The second-order valence-electron chi connectivity index (χ2n) is 6.20. The van der Waals surface area contributed by atoms with Crippen LogP contribution in [0.4, 0.5) is 0 Å². The number of rotatable bonds is 12. The largest absolute Gasteiger partial charge is 3.00 e. The van der Waals surface area contributed by atoms with Crippen LogP contribution in [0.25, 0.3) is 0 Å². The average molecular weight is 488 g/mol. The van der Waals surface area contributed by atoms with Gasteiger partial charge in [-0.15, -0.1) is 0 Å². The summed E-state index contributed by atoms with van der Waals surface area (Å²) in [5.41, 5.74) is 0. The molecule has 13 heteroatoms. The van der Waals surface area contributed by atoms with E-state index in [1.807, 2.05) is 13.8 Å². The summed E-state index contributed by atoms with van der Waals surface area (Å²) in [6.07, 6.45) is 0.377. The number of carboxylic acids is 4. The molecule has 0 spiro atoms. The fraction of sp³-hybridized carbons (Fsp3) is 0.600. The third-order valence-corrected chi connectivity index (χ3v) is 2.53. The van der Waals surface area contributed by atoms with Gasteiger partial charge in [0.2, 0.25) is 0 Å². The molecule has 0 aromatic heterocycles. The van der Waals surface area contributed by atoms with E-state index in [1.54, 1.807) is 0 Å². The standard InChI is InChI=1S/2C6H10O3.2C4H6O3.Al/c2*1-2-3-5(7)4-6(8)9;2*1-3(5)2-4(6)7;/h2*2-4H2,1H3,(H,8,9);2*2H2,1H3,(H,6,7);/q;;;;+3/p-3. The molecule has 0 fully saturated rings. The Morgan fingerprint density at radius 1 is 0.576 bits per heavy atom. The third-order valence-electron chi connectivity index (χ3n) is 2.53. The van der Waals surface area contributed by atoms with Gasteiger partial charge in [0.1, 0.15) is 29.6 Å². The van der Waals surface area contributed by atoms with Crippen molar-refractivity contribution >= 4 is 64.4 Å². The summed E-state index contributed by atoms with van der Waals surface area (Å²) in [7, 11) is 0. The molecule has 0 bridgehead atoms. The van der Waals surface area contributed by atoms with Crippen molar-refractivity contribution in [2.24, 2.45) is 0 Å². The fourth-order valence-electron chi connectivity index (χ4n) is 1.47. The molecule has 0 radical (unpaired) electrons. The summed E-state index contributed by atoms with van der Waals surface area (Å²) < 4.78 is 0. The van der Waals surface area contributed by atoms with Crippen LogP contribution in [0.3, 0.4) is 0 Å². The van der Waals surface area contributed by atoms with Crippen molar-refractivity contribution in [3.63, 3.8) is 0 Å². The van der Waals surface area contributed by atoms with Crippen LogP contribution in [0.2, 0.25) is 0 Å². The Balaban J connectivity index is -0.000000105. The van der Waals surface area contributed by atoms with Gasteiger partial charge in [-0.2, -0.15) is 0 Å². The van der Waals surface area contributed by atoms with Crippen molar-refractivity contribution in [3.8, 4) is 0 Å². The average Bonchev–Trinajstić information content (AvgIpc) is 2.52. The van der Waals surface area contributed by atoms with E-state index in [-0.39, 0.29) is 46.9 Å². The smallest absolute Gasteiger partial charge is 0.550 e. The number of carbonyl (C=O) groups is 8. The zero-order valence-electron chi connectivity index (χ0n) is 19.2. The van der Waals surface area contributed by atoms with Crippen molar-refractivity contribution in [1.29, 1.82) is 0 Å². The molecule has 0 aliphatic heterocycles. The topological polar surface area (TPSA) is 226 Å². The molecule has 0 unspecified atom stereocenters. The number of aliphatic carboxylic acids is 4. The van der Waals surface area contributed by atoms with Crippen LogP contribution in [-0.4, -0.2) is 69.5 Å². The number of carbonyl (C=O) groups excluding carboxylic acids is 7. The Bertz CT molecular complexity index is 575. The van der Waals surface area contributed by atoms with Crippen LogP contribution >= 0.6 is 0 Å². The Hall–Kier alpha value is -2.91. The van der Waals surface area contributed by atoms with Gasteiger partial charge in [-0.1, -0.05) is 13.8 Å². The minimum atomic E-state index is -1.31. The van der Waals surface area contributed by atoms with Crippen LogP contribution in [0.1, 0.15) is 79.1 Å². The van der Waals surface area contributed by atoms with E-state index < -0.39 is 43.1 Å². The first kappa shape index (κ1) is 40.5. The molecule has 0 aliphatic rings. The first-order chi connectivity index (χ1) is 14.6. The number of hydrogen-bond donors (Lipinski definition) is 1. The molecular formula is C20H29AlO12. The van der Waals surface area contributed by atoms with Crippen molar-refractivity contribution in [3.05, 3.63) is 0 Å².